The Bertz CT molecular complexity index is 401. The van der Waals surface area contributed by atoms with Crippen molar-refractivity contribution in [2.75, 3.05) is 0 Å². The number of nitrogens with two attached hydrogens (primary N) is 1. The van der Waals surface area contributed by atoms with Gasteiger partial charge in [-0.2, -0.15) is 5.10 Å². The molecule has 1 aromatic carbocycles. The molecule has 0 radical (unpaired) electrons. The molecule has 0 saturated heterocycles. The van der Waals surface area contributed by atoms with Gasteiger partial charge in [0.05, 0.1) is 5.71 Å². The lowest BCUT2D eigenvalue weighted by molar-refractivity contribution is 1.02. The van der Waals surface area contributed by atoms with Gasteiger partial charge in [0.2, 0.25) is 0 Å². The predicted octanol–water partition coefficient (Wildman–Crippen LogP) is 2.10. The van der Waals surface area contributed by atoms with Gasteiger partial charge in [-0.15, -0.1) is 5.10 Å². The molecular weight excluding hydrogens is 186 g/mol. The maximum atomic E-state index is 5.56. The Labute approximate surface area is 89.7 Å². The zero-order valence-electron chi connectivity index (χ0n) is 8.90. The molecule has 2 N–H and O–H groups in total. The maximum Gasteiger partial charge on any atom is 0.122 e. The monoisotopic (exact) mass is 201 g/mol. The SMILES string of the molecule is CCc1ccc(C2=NN=C(N)CC2)cc1. The summed E-state index contributed by atoms with van der Waals surface area (Å²) in [6.07, 6.45) is 2.77. The van der Waals surface area contributed by atoms with E-state index in [0.717, 1.165) is 30.5 Å². The number of aryl methyl sites for hydroxylation is 1. The Hall–Kier alpha value is -1.64. The molecule has 0 aliphatic carbocycles. The van der Waals surface area contributed by atoms with Gasteiger partial charge in [-0.25, -0.2) is 0 Å². The minimum atomic E-state index is 0.629. The van der Waals surface area contributed by atoms with Crippen LogP contribution in [0.1, 0.15) is 30.9 Å². The lowest BCUT2D eigenvalue weighted by atomic mass is 10.0. The molecule has 1 aliphatic heterocycles. The molecule has 1 aliphatic rings. The first-order chi connectivity index (χ1) is 7.29. The molecule has 0 bridgehead atoms. The first-order valence-electron chi connectivity index (χ1n) is 5.28. The van der Waals surface area contributed by atoms with Crippen LogP contribution >= 0.6 is 0 Å². The van der Waals surface area contributed by atoms with Gasteiger partial charge in [0.15, 0.2) is 0 Å². The van der Waals surface area contributed by atoms with Crippen LogP contribution in [-0.2, 0) is 6.42 Å². The van der Waals surface area contributed by atoms with Crippen LogP contribution in [0.5, 0.6) is 0 Å². The van der Waals surface area contributed by atoms with E-state index in [2.05, 4.69) is 41.4 Å². The van der Waals surface area contributed by atoms with Gasteiger partial charge >= 0.3 is 0 Å². The fraction of sp³-hybridized carbons (Fsp3) is 0.333. The van der Waals surface area contributed by atoms with E-state index in [-0.39, 0.29) is 0 Å². The van der Waals surface area contributed by atoms with Crippen molar-refractivity contribution in [1.82, 2.24) is 0 Å². The fourth-order valence-corrected chi connectivity index (χ4v) is 1.61. The van der Waals surface area contributed by atoms with Crippen LogP contribution in [0.25, 0.3) is 0 Å². The minimum Gasteiger partial charge on any atom is -0.386 e. The second-order valence-electron chi connectivity index (χ2n) is 3.69. The van der Waals surface area contributed by atoms with Gasteiger partial charge in [-0.3, -0.25) is 0 Å². The van der Waals surface area contributed by atoms with Crippen molar-refractivity contribution < 1.29 is 0 Å². The smallest absolute Gasteiger partial charge is 0.122 e. The van der Waals surface area contributed by atoms with E-state index in [1.54, 1.807) is 0 Å². The Balaban J connectivity index is 2.23. The van der Waals surface area contributed by atoms with E-state index in [0.29, 0.717) is 5.84 Å². The lowest BCUT2D eigenvalue weighted by Gasteiger charge is -2.09. The molecular formula is C12H15N3. The molecule has 78 valence electrons. The normalized spacial score (nSPS) is 15.8. The van der Waals surface area contributed by atoms with Crippen molar-refractivity contribution >= 4 is 11.5 Å². The van der Waals surface area contributed by atoms with Gasteiger partial charge in [-0.1, -0.05) is 31.2 Å². The molecule has 3 nitrogen and oxygen atoms in total. The highest BCUT2D eigenvalue weighted by atomic mass is 15.2. The van der Waals surface area contributed by atoms with Gasteiger partial charge in [0.25, 0.3) is 0 Å². The van der Waals surface area contributed by atoms with Crippen LogP contribution in [0.2, 0.25) is 0 Å². The molecule has 15 heavy (non-hydrogen) atoms. The maximum absolute atomic E-state index is 5.56. The van der Waals surface area contributed by atoms with Crippen molar-refractivity contribution in [3.8, 4) is 0 Å². The predicted molar refractivity (Wildman–Crippen MR) is 63.2 cm³/mol. The number of rotatable bonds is 2. The lowest BCUT2D eigenvalue weighted by Crippen LogP contribution is -2.17. The average molecular weight is 201 g/mol. The molecule has 1 heterocycles. The van der Waals surface area contributed by atoms with Crippen molar-refractivity contribution in [2.24, 2.45) is 15.9 Å². The fourth-order valence-electron chi connectivity index (χ4n) is 1.61. The molecule has 1 aromatic rings. The van der Waals surface area contributed by atoms with Gasteiger partial charge in [0.1, 0.15) is 5.84 Å². The van der Waals surface area contributed by atoms with E-state index in [4.69, 9.17) is 5.73 Å². The second kappa shape index (κ2) is 4.26. The van der Waals surface area contributed by atoms with E-state index in [9.17, 15) is 0 Å². The van der Waals surface area contributed by atoms with Crippen LogP contribution in [-0.4, -0.2) is 11.5 Å². The number of hydrogen-bond donors (Lipinski definition) is 1. The minimum absolute atomic E-state index is 0.629. The van der Waals surface area contributed by atoms with Gasteiger partial charge in [-0.05, 0) is 24.0 Å². The summed E-state index contributed by atoms with van der Waals surface area (Å²) in [5.41, 5.74) is 9.10. The molecule has 0 unspecified atom stereocenters. The summed E-state index contributed by atoms with van der Waals surface area (Å²) in [5, 5.41) is 8.03. The Morgan fingerprint density at radius 2 is 1.87 bits per heavy atom. The number of amidine groups is 1. The highest BCUT2D eigenvalue weighted by Gasteiger charge is 2.08. The first-order valence-corrected chi connectivity index (χ1v) is 5.28. The number of nitrogens with zero attached hydrogens (tertiary/aromatic N) is 2. The van der Waals surface area contributed by atoms with Gasteiger partial charge < -0.3 is 5.73 Å². The zero-order valence-corrected chi connectivity index (χ0v) is 8.90. The second-order valence-corrected chi connectivity index (χ2v) is 3.69. The third kappa shape index (κ3) is 2.24. The molecule has 0 amide bonds. The summed E-state index contributed by atoms with van der Waals surface area (Å²) in [7, 11) is 0. The van der Waals surface area contributed by atoms with Gasteiger partial charge in [0, 0.05) is 6.42 Å². The average Bonchev–Trinajstić information content (AvgIpc) is 2.30. The Kier molecular flexibility index (Phi) is 2.81. The van der Waals surface area contributed by atoms with E-state index in [1.165, 1.54) is 5.56 Å². The standard InChI is InChI=1S/C12H15N3/c1-2-9-3-5-10(6-4-9)11-7-8-12(13)15-14-11/h3-6H,2,7-8H2,1H3,(H2,13,15). The van der Waals surface area contributed by atoms with Crippen LogP contribution in [0, 0.1) is 0 Å². The summed E-state index contributed by atoms with van der Waals surface area (Å²) in [4.78, 5) is 0. The van der Waals surface area contributed by atoms with E-state index < -0.39 is 0 Å². The topological polar surface area (TPSA) is 50.7 Å². The molecule has 3 heteroatoms. The Morgan fingerprint density at radius 1 is 1.13 bits per heavy atom. The molecule has 0 fully saturated rings. The van der Waals surface area contributed by atoms with Crippen LogP contribution < -0.4 is 5.73 Å². The summed E-state index contributed by atoms with van der Waals surface area (Å²) in [6, 6.07) is 8.49. The summed E-state index contributed by atoms with van der Waals surface area (Å²) in [6.45, 7) is 2.15. The quantitative estimate of drug-likeness (QED) is 0.782. The van der Waals surface area contributed by atoms with E-state index >= 15 is 0 Å². The van der Waals surface area contributed by atoms with Crippen molar-refractivity contribution in [3.63, 3.8) is 0 Å². The van der Waals surface area contributed by atoms with Crippen LogP contribution in [0.3, 0.4) is 0 Å². The zero-order chi connectivity index (χ0) is 10.7. The summed E-state index contributed by atoms with van der Waals surface area (Å²) in [5.74, 6) is 0.629. The molecule has 0 spiro atoms. The third-order valence-electron chi connectivity index (χ3n) is 2.61. The van der Waals surface area contributed by atoms with Crippen LogP contribution in [0.4, 0.5) is 0 Å². The van der Waals surface area contributed by atoms with Crippen molar-refractivity contribution in [3.05, 3.63) is 35.4 Å². The van der Waals surface area contributed by atoms with Crippen molar-refractivity contribution in [2.45, 2.75) is 26.2 Å². The van der Waals surface area contributed by atoms with Crippen molar-refractivity contribution in [1.29, 1.82) is 0 Å². The third-order valence-corrected chi connectivity index (χ3v) is 2.61. The Morgan fingerprint density at radius 3 is 2.40 bits per heavy atom. The summed E-state index contributed by atoms with van der Waals surface area (Å²) >= 11 is 0. The summed E-state index contributed by atoms with van der Waals surface area (Å²) < 4.78 is 0. The largest absolute Gasteiger partial charge is 0.386 e. The number of hydrogen-bond acceptors (Lipinski definition) is 3. The molecule has 0 aromatic heterocycles. The van der Waals surface area contributed by atoms with Crippen LogP contribution in [0.15, 0.2) is 34.5 Å². The highest BCUT2D eigenvalue weighted by Crippen LogP contribution is 2.12. The first kappa shape index (κ1) is 9.90. The molecule has 0 saturated carbocycles. The number of benzene rings is 1. The van der Waals surface area contributed by atoms with E-state index in [1.807, 2.05) is 0 Å². The molecule has 0 atom stereocenters. The molecule has 2 rings (SSSR count). The highest BCUT2D eigenvalue weighted by molar-refractivity contribution is 6.04.